The Labute approximate surface area is 174 Å². The molecule has 30 heavy (non-hydrogen) atoms. The van der Waals surface area contributed by atoms with E-state index in [1.165, 1.54) is 11.5 Å². The van der Waals surface area contributed by atoms with Crippen molar-refractivity contribution >= 4 is 28.9 Å². The Morgan fingerprint density at radius 2 is 1.67 bits per heavy atom. The third-order valence-corrected chi connectivity index (χ3v) is 5.84. The van der Waals surface area contributed by atoms with Crippen molar-refractivity contribution in [1.82, 2.24) is 9.47 Å². The van der Waals surface area contributed by atoms with Crippen molar-refractivity contribution in [2.45, 2.75) is 19.8 Å². The summed E-state index contributed by atoms with van der Waals surface area (Å²) in [6, 6.07) is 8.63. The molecule has 1 aromatic carbocycles. The van der Waals surface area contributed by atoms with Crippen LogP contribution in [-0.4, -0.2) is 65.5 Å². The quantitative estimate of drug-likeness (QED) is 0.567. The molecule has 0 saturated carbocycles. The van der Waals surface area contributed by atoms with E-state index in [0.717, 1.165) is 31.6 Å². The predicted octanol–water partition coefficient (Wildman–Crippen LogP) is 2.62. The Hall–Kier alpha value is -3.36. The Balaban J connectivity index is 1.48. The third-order valence-electron chi connectivity index (χ3n) is 5.84. The fraction of sp³-hybridized carbons (Fsp3) is 0.429. The van der Waals surface area contributed by atoms with Gasteiger partial charge in [-0.1, -0.05) is 0 Å². The lowest BCUT2D eigenvalue weighted by Gasteiger charge is -2.36. The van der Waals surface area contributed by atoms with Gasteiger partial charge in [-0.25, -0.2) is 0 Å². The molecular formula is C21H25N5O4. The zero-order chi connectivity index (χ0) is 21.3. The summed E-state index contributed by atoms with van der Waals surface area (Å²) in [5, 5.41) is 11.5. The van der Waals surface area contributed by atoms with Crippen molar-refractivity contribution in [1.29, 1.82) is 0 Å². The average molecular weight is 411 g/mol. The van der Waals surface area contributed by atoms with E-state index in [1.807, 2.05) is 6.07 Å². The van der Waals surface area contributed by atoms with Crippen LogP contribution in [-0.2, 0) is 0 Å². The minimum Gasteiger partial charge on any atom is -0.368 e. The number of amides is 1. The fourth-order valence-corrected chi connectivity index (χ4v) is 4.23. The molecule has 0 atom stereocenters. The van der Waals surface area contributed by atoms with Crippen LogP contribution in [0.1, 0.15) is 35.0 Å². The maximum Gasteiger partial charge on any atom is 0.292 e. The molecule has 2 aliphatic rings. The summed E-state index contributed by atoms with van der Waals surface area (Å²) in [5.41, 5.74) is 2.12. The monoisotopic (exact) mass is 411 g/mol. The number of nitrogens with zero attached hydrogens (tertiary/aromatic N) is 5. The Kier molecular flexibility index (Phi) is 5.43. The number of carbonyl (C=O) groups excluding carboxylic acids is 2. The van der Waals surface area contributed by atoms with Gasteiger partial charge < -0.3 is 14.7 Å². The van der Waals surface area contributed by atoms with Crippen LogP contribution in [0, 0.1) is 10.1 Å². The molecule has 0 aliphatic carbocycles. The lowest BCUT2D eigenvalue weighted by molar-refractivity contribution is -0.384. The van der Waals surface area contributed by atoms with Crippen LogP contribution in [0.15, 0.2) is 36.5 Å². The van der Waals surface area contributed by atoms with E-state index in [4.69, 9.17) is 0 Å². The molecule has 0 radical (unpaired) electrons. The number of benzene rings is 1. The molecule has 158 valence electrons. The Bertz CT molecular complexity index is 972. The molecule has 9 nitrogen and oxygen atoms in total. The molecule has 0 spiro atoms. The van der Waals surface area contributed by atoms with Gasteiger partial charge in [-0.3, -0.25) is 24.3 Å². The molecular weight excluding hydrogens is 386 g/mol. The highest BCUT2D eigenvalue weighted by Crippen LogP contribution is 2.34. The van der Waals surface area contributed by atoms with Crippen LogP contribution >= 0.6 is 0 Å². The summed E-state index contributed by atoms with van der Waals surface area (Å²) in [4.78, 5) is 41.7. The summed E-state index contributed by atoms with van der Waals surface area (Å²) in [7, 11) is 0. The van der Waals surface area contributed by atoms with E-state index in [2.05, 4.69) is 9.80 Å². The highest BCUT2D eigenvalue weighted by molar-refractivity contribution is 5.97. The summed E-state index contributed by atoms with van der Waals surface area (Å²) < 4.78 is 1.37. The second kappa shape index (κ2) is 8.17. The highest BCUT2D eigenvalue weighted by atomic mass is 16.6. The van der Waals surface area contributed by atoms with E-state index >= 15 is 0 Å². The normalized spacial score (nSPS) is 16.8. The first-order chi connectivity index (χ1) is 14.5. The van der Waals surface area contributed by atoms with Gasteiger partial charge >= 0.3 is 0 Å². The first-order valence-electron chi connectivity index (χ1n) is 10.2. The Morgan fingerprint density at radius 3 is 2.30 bits per heavy atom. The Morgan fingerprint density at radius 1 is 0.967 bits per heavy atom. The minimum absolute atomic E-state index is 0.138. The third kappa shape index (κ3) is 3.74. The molecule has 4 rings (SSSR count). The maximum absolute atomic E-state index is 12.8. The van der Waals surface area contributed by atoms with Crippen molar-refractivity contribution in [2.24, 2.45) is 0 Å². The number of rotatable bonds is 4. The zero-order valence-corrected chi connectivity index (χ0v) is 17.0. The van der Waals surface area contributed by atoms with Gasteiger partial charge in [-0.2, -0.15) is 0 Å². The second-order valence-corrected chi connectivity index (χ2v) is 7.69. The van der Waals surface area contributed by atoms with Gasteiger partial charge in [0.2, 0.25) is 5.91 Å². The van der Waals surface area contributed by atoms with E-state index in [-0.39, 0.29) is 22.4 Å². The van der Waals surface area contributed by atoms with Crippen LogP contribution in [0.4, 0.5) is 17.1 Å². The number of hydrogen-bond acceptors (Lipinski definition) is 6. The molecule has 0 unspecified atom stereocenters. The average Bonchev–Trinajstić information content (AvgIpc) is 3.45. The maximum atomic E-state index is 12.8. The van der Waals surface area contributed by atoms with E-state index in [0.29, 0.717) is 37.6 Å². The molecule has 1 aromatic heterocycles. The number of carbonyl (C=O) groups is 2. The number of nitro groups is 1. The molecule has 2 aliphatic heterocycles. The van der Waals surface area contributed by atoms with Gasteiger partial charge in [0.15, 0.2) is 0 Å². The molecule has 3 heterocycles. The molecule has 2 fully saturated rings. The lowest BCUT2D eigenvalue weighted by Crippen LogP contribution is -2.49. The number of piperazine rings is 1. The van der Waals surface area contributed by atoms with E-state index < -0.39 is 0 Å². The number of nitro benzene ring substituents is 1. The van der Waals surface area contributed by atoms with Crippen molar-refractivity contribution in [3.63, 3.8) is 0 Å². The largest absolute Gasteiger partial charge is 0.368 e. The predicted molar refractivity (Wildman–Crippen MR) is 113 cm³/mol. The van der Waals surface area contributed by atoms with Crippen LogP contribution in [0.3, 0.4) is 0 Å². The van der Waals surface area contributed by atoms with Gasteiger partial charge in [0.1, 0.15) is 11.4 Å². The first-order valence-corrected chi connectivity index (χ1v) is 10.2. The zero-order valence-electron chi connectivity index (χ0n) is 17.0. The summed E-state index contributed by atoms with van der Waals surface area (Å²) in [6.07, 6.45) is 3.69. The van der Waals surface area contributed by atoms with Gasteiger partial charge in [0.25, 0.3) is 11.6 Å². The number of anilines is 2. The van der Waals surface area contributed by atoms with Crippen LogP contribution < -0.4 is 9.80 Å². The SMILES string of the molecule is CC(=O)n1cccc1C(=O)N1CCN(c2ccc([N+](=O)[O-])c(N3CCCC3)c2)CC1. The minimum atomic E-state index is -0.321. The standard InChI is InChI=1S/C21H25N5O4/c1-16(27)25-10-4-5-19(25)21(28)24-13-11-22(12-14-24)17-6-7-18(26(29)30)20(15-17)23-8-2-3-9-23/h4-7,10,15H,2-3,8-9,11-14H2,1H3. The second-order valence-electron chi connectivity index (χ2n) is 7.69. The van der Waals surface area contributed by atoms with Gasteiger partial charge in [0.05, 0.1) is 4.92 Å². The molecule has 9 heteroatoms. The van der Waals surface area contributed by atoms with Crippen LogP contribution in [0.25, 0.3) is 0 Å². The molecule has 2 saturated heterocycles. The van der Waals surface area contributed by atoms with E-state index in [9.17, 15) is 19.7 Å². The fourth-order valence-electron chi connectivity index (χ4n) is 4.23. The van der Waals surface area contributed by atoms with Crippen LogP contribution in [0.2, 0.25) is 0 Å². The summed E-state index contributed by atoms with van der Waals surface area (Å²) in [5.74, 6) is -0.349. The molecule has 0 bridgehead atoms. The van der Waals surface area contributed by atoms with E-state index in [1.54, 1.807) is 35.4 Å². The molecule has 1 amide bonds. The van der Waals surface area contributed by atoms with Crippen LogP contribution in [0.5, 0.6) is 0 Å². The lowest BCUT2D eigenvalue weighted by atomic mass is 10.2. The van der Waals surface area contributed by atoms with Crippen molar-refractivity contribution in [2.75, 3.05) is 49.1 Å². The van der Waals surface area contributed by atoms with Crippen molar-refractivity contribution < 1.29 is 14.5 Å². The van der Waals surface area contributed by atoms with Gasteiger partial charge in [-0.05, 0) is 37.1 Å². The topological polar surface area (TPSA) is 91.9 Å². The summed E-state index contributed by atoms with van der Waals surface area (Å²) >= 11 is 0. The molecule has 0 N–H and O–H groups in total. The number of hydrogen-bond donors (Lipinski definition) is 0. The first kappa shape index (κ1) is 19.9. The van der Waals surface area contributed by atoms with Gasteiger partial charge in [-0.15, -0.1) is 0 Å². The van der Waals surface area contributed by atoms with Crippen molar-refractivity contribution in [3.8, 4) is 0 Å². The number of aromatic nitrogens is 1. The van der Waals surface area contributed by atoms with Gasteiger partial charge in [0, 0.05) is 64.1 Å². The highest BCUT2D eigenvalue weighted by Gasteiger charge is 2.27. The van der Waals surface area contributed by atoms with Crippen molar-refractivity contribution in [3.05, 3.63) is 52.3 Å². The molecule has 2 aromatic rings. The summed E-state index contributed by atoms with van der Waals surface area (Å²) in [6.45, 7) is 5.41. The smallest absolute Gasteiger partial charge is 0.292 e.